The Labute approximate surface area is 124 Å². The Kier molecular flexibility index (Phi) is 4.50. The molecule has 0 spiro atoms. The molecule has 114 valence electrons. The molecule has 0 aliphatic carbocycles. The van der Waals surface area contributed by atoms with E-state index < -0.39 is 0 Å². The van der Waals surface area contributed by atoms with Crippen LogP contribution in [-0.4, -0.2) is 28.5 Å². The van der Waals surface area contributed by atoms with Gasteiger partial charge in [-0.05, 0) is 46.8 Å². The van der Waals surface area contributed by atoms with Crippen molar-refractivity contribution in [3.63, 3.8) is 0 Å². The van der Waals surface area contributed by atoms with E-state index >= 15 is 0 Å². The summed E-state index contributed by atoms with van der Waals surface area (Å²) in [5, 5.41) is 5.42. The summed E-state index contributed by atoms with van der Waals surface area (Å²) < 4.78 is 12.8. The molecule has 2 aromatic rings. The van der Waals surface area contributed by atoms with Crippen molar-refractivity contribution in [2.45, 2.75) is 46.8 Å². The number of carbonyl (C=O) groups excluding carboxylic acids is 1. The van der Waals surface area contributed by atoms with E-state index in [9.17, 15) is 4.79 Å². The van der Waals surface area contributed by atoms with Crippen LogP contribution in [0, 0.1) is 0 Å². The summed E-state index contributed by atoms with van der Waals surface area (Å²) in [6.45, 7) is 10.2. The largest absolute Gasteiger partial charge is 0.490 e. The fourth-order valence-corrected chi connectivity index (χ4v) is 2.06. The van der Waals surface area contributed by atoms with Gasteiger partial charge >= 0.3 is 5.97 Å². The van der Waals surface area contributed by atoms with Crippen LogP contribution < -0.4 is 4.74 Å². The van der Waals surface area contributed by atoms with Crippen molar-refractivity contribution in [1.82, 2.24) is 9.78 Å². The first-order valence-corrected chi connectivity index (χ1v) is 7.29. The van der Waals surface area contributed by atoms with Gasteiger partial charge < -0.3 is 9.47 Å². The second-order valence-corrected chi connectivity index (χ2v) is 5.50. The Bertz CT molecular complexity index is 644. The smallest absolute Gasteiger partial charge is 0.338 e. The molecule has 1 aromatic carbocycles. The van der Waals surface area contributed by atoms with Gasteiger partial charge in [-0.1, -0.05) is 0 Å². The monoisotopic (exact) mass is 290 g/mol. The van der Waals surface area contributed by atoms with Crippen LogP contribution in [0.2, 0.25) is 0 Å². The summed E-state index contributed by atoms with van der Waals surface area (Å²) in [4.78, 5) is 12.0. The molecule has 0 unspecified atom stereocenters. The number of fused-ring (bicyclic) bond motifs is 1. The van der Waals surface area contributed by atoms with Crippen LogP contribution in [0.3, 0.4) is 0 Å². The molecule has 21 heavy (non-hydrogen) atoms. The number of ether oxygens (including phenoxy) is 2. The molecular formula is C16H22N2O3. The molecule has 0 saturated heterocycles. The molecule has 0 aliphatic rings. The predicted molar refractivity (Wildman–Crippen MR) is 81.8 cm³/mol. The fraction of sp³-hybridized carbons (Fsp3) is 0.500. The van der Waals surface area contributed by atoms with Crippen molar-refractivity contribution in [1.29, 1.82) is 0 Å². The van der Waals surface area contributed by atoms with Gasteiger partial charge in [-0.3, -0.25) is 4.68 Å². The Morgan fingerprint density at radius 2 is 2.00 bits per heavy atom. The molecule has 0 amide bonds. The molecule has 5 heteroatoms. The van der Waals surface area contributed by atoms with Gasteiger partial charge in [-0.25, -0.2) is 4.79 Å². The molecule has 1 aromatic heterocycles. The highest BCUT2D eigenvalue weighted by molar-refractivity contribution is 5.97. The van der Waals surface area contributed by atoms with E-state index in [0.29, 0.717) is 17.9 Å². The van der Waals surface area contributed by atoms with Gasteiger partial charge in [0.15, 0.2) is 0 Å². The van der Waals surface area contributed by atoms with Crippen LogP contribution in [0.4, 0.5) is 0 Å². The second kappa shape index (κ2) is 6.16. The summed E-state index contributed by atoms with van der Waals surface area (Å²) in [7, 11) is 0. The van der Waals surface area contributed by atoms with Crippen molar-refractivity contribution in [3.8, 4) is 5.75 Å². The maximum absolute atomic E-state index is 12.0. The lowest BCUT2D eigenvalue weighted by Gasteiger charge is -2.11. The van der Waals surface area contributed by atoms with E-state index in [1.54, 1.807) is 19.1 Å². The standard InChI is InChI=1S/C16H22N2O3/c1-6-20-16(19)12-7-14-13(9-18(17-14)10(2)3)15(8-12)21-11(4)5/h7-11H,6H2,1-5H3. The average molecular weight is 290 g/mol. The van der Waals surface area contributed by atoms with E-state index in [4.69, 9.17) is 9.47 Å². The number of esters is 1. The van der Waals surface area contributed by atoms with Gasteiger partial charge in [-0.15, -0.1) is 0 Å². The lowest BCUT2D eigenvalue weighted by Crippen LogP contribution is -2.08. The van der Waals surface area contributed by atoms with E-state index in [-0.39, 0.29) is 18.1 Å². The zero-order valence-corrected chi connectivity index (χ0v) is 13.2. The van der Waals surface area contributed by atoms with Crippen molar-refractivity contribution in [2.24, 2.45) is 0 Å². The molecule has 0 atom stereocenters. The Morgan fingerprint density at radius 3 is 2.57 bits per heavy atom. The molecule has 1 heterocycles. The second-order valence-electron chi connectivity index (χ2n) is 5.50. The van der Waals surface area contributed by atoms with E-state index in [1.165, 1.54) is 0 Å². The third-order valence-corrected chi connectivity index (χ3v) is 3.01. The van der Waals surface area contributed by atoms with Crippen LogP contribution in [0.15, 0.2) is 18.3 Å². The molecule has 0 bridgehead atoms. The summed E-state index contributed by atoms with van der Waals surface area (Å²) in [6, 6.07) is 3.72. The Hall–Kier alpha value is -2.04. The summed E-state index contributed by atoms with van der Waals surface area (Å²) in [5.41, 5.74) is 1.21. The van der Waals surface area contributed by atoms with Gasteiger partial charge in [0.05, 0.1) is 29.2 Å². The number of nitrogens with zero attached hydrogens (tertiary/aromatic N) is 2. The third-order valence-electron chi connectivity index (χ3n) is 3.01. The molecule has 2 rings (SSSR count). The highest BCUT2D eigenvalue weighted by Gasteiger charge is 2.16. The third kappa shape index (κ3) is 3.35. The van der Waals surface area contributed by atoms with Crippen LogP contribution in [0.1, 0.15) is 51.0 Å². The van der Waals surface area contributed by atoms with Gasteiger partial charge in [0, 0.05) is 12.2 Å². The number of hydrogen-bond acceptors (Lipinski definition) is 4. The highest BCUT2D eigenvalue weighted by atomic mass is 16.5. The fourth-order valence-electron chi connectivity index (χ4n) is 2.06. The zero-order chi connectivity index (χ0) is 15.6. The maximum atomic E-state index is 12.0. The van der Waals surface area contributed by atoms with Crippen LogP contribution >= 0.6 is 0 Å². The summed E-state index contributed by atoms with van der Waals surface area (Å²) >= 11 is 0. The summed E-state index contributed by atoms with van der Waals surface area (Å²) in [5.74, 6) is 0.310. The van der Waals surface area contributed by atoms with E-state index in [0.717, 1.165) is 10.9 Å². The number of carbonyl (C=O) groups is 1. The van der Waals surface area contributed by atoms with Gasteiger partial charge in [0.1, 0.15) is 5.75 Å². The molecule has 0 radical (unpaired) electrons. The molecular weight excluding hydrogens is 268 g/mol. The average Bonchev–Trinajstić information content (AvgIpc) is 2.82. The quantitative estimate of drug-likeness (QED) is 0.790. The SMILES string of the molecule is CCOC(=O)c1cc(OC(C)C)c2cn(C(C)C)nc2c1. The van der Waals surface area contributed by atoms with Crippen molar-refractivity contribution in [2.75, 3.05) is 6.61 Å². The molecule has 0 saturated carbocycles. The highest BCUT2D eigenvalue weighted by Crippen LogP contribution is 2.29. The number of benzene rings is 1. The van der Waals surface area contributed by atoms with E-state index in [2.05, 4.69) is 18.9 Å². The molecule has 5 nitrogen and oxygen atoms in total. The summed E-state index contributed by atoms with van der Waals surface area (Å²) in [6.07, 6.45) is 1.97. The number of aromatic nitrogens is 2. The first kappa shape index (κ1) is 15.4. The Balaban J connectivity index is 2.55. The lowest BCUT2D eigenvalue weighted by atomic mass is 10.1. The number of rotatable bonds is 5. The predicted octanol–water partition coefficient (Wildman–Crippen LogP) is 3.58. The minimum absolute atomic E-state index is 0.0213. The minimum Gasteiger partial charge on any atom is -0.490 e. The van der Waals surface area contributed by atoms with Crippen molar-refractivity contribution in [3.05, 3.63) is 23.9 Å². The van der Waals surface area contributed by atoms with E-state index in [1.807, 2.05) is 24.7 Å². The minimum atomic E-state index is -0.355. The van der Waals surface area contributed by atoms with Gasteiger partial charge in [0.25, 0.3) is 0 Å². The Morgan fingerprint density at radius 1 is 1.29 bits per heavy atom. The van der Waals surface area contributed by atoms with Crippen LogP contribution in [-0.2, 0) is 4.74 Å². The normalized spacial score (nSPS) is 11.4. The first-order chi connectivity index (χ1) is 9.92. The molecule has 0 aliphatic heterocycles. The number of hydrogen-bond donors (Lipinski definition) is 0. The van der Waals surface area contributed by atoms with Crippen molar-refractivity contribution >= 4 is 16.9 Å². The van der Waals surface area contributed by atoms with Crippen LogP contribution in [0.5, 0.6) is 5.75 Å². The lowest BCUT2D eigenvalue weighted by molar-refractivity contribution is 0.0526. The molecule has 0 N–H and O–H groups in total. The zero-order valence-electron chi connectivity index (χ0n) is 13.2. The topological polar surface area (TPSA) is 53.4 Å². The van der Waals surface area contributed by atoms with Gasteiger partial charge in [0.2, 0.25) is 0 Å². The van der Waals surface area contributed by atoms with Crippen LogP contribution in [0.25, 0.3) is 10.9 Å². The maximum Gasteiger partial charge on any atom is 0.338 e. The molecule has 0 fully saturated rings. The van der Waals surface area contributed by atoms with Gasteiger partial charge in [-0.2, -0.15) is 5.10 Å². The van der Waals surface area contributed by atoms with Crippen molar-refractivity contribution < 1.29 is 14.3 Å². The first-order valence-electron chi connectivity index (χ1n) is 7.29.